The summed E-state index contributed by atoms with van der Waals surface area (Å²) >= 11 is 0. The minimum Gasteiger partial charge on any atom is -0.384 e. The van der Waals surface area contributed by atoms with E-state index in [2.05, 4.69) is 11.1 Å². The zero-order valence-electron chi connectivity index (χ0n) is 16.8. The summed E-state index contributed by atoms with van der Waals surface area (Å²) in [5, 5.41) is 2.00. The molecule has 0 saturated carbocycles. The Morgan fingerprint density at radius 1 is 1.17 bits per heavy atom. The summed E-state index contributed by atoms with van der Waals surface area (Å²) < 4.78 is 5.68. The molecule has 1 aliphatic rings. The molecule has 2 heterocycles. The molecule has 5 nitrogen and oxygen atoms in total. The van der Waals surface area contributed by atoms with Crippen LogP contribution in [0.15, 0.2) is 54.7 Å². The highest BCUT2D eigenvalue weighted by molar-refractivity contribution is 6.10. The normalized spacial score (nSPS) is 16.2. The lowest BCUT2D eigenvalue weighted by Crippen LogP contribution is -2.28. The predicted molar refractivity (Wildman–Crippen MR) is 117 cm³/mol. The minimum atomic E-state index is 0.0514. The van der Waals surface area contributed by atoms with Gasteiger partial charge < -0.3 is 15.4 Å². The van der Waals surface area contributed by atoms with E-state index < -0.39 is 0 Å². The van der Waals surface area contributed by atoms with Crippen LogP contribution in [-0.4, -0.2) is 42.1 Å². The van der Waals surface area contributed by atoms with Crippen molar-refractivity contribution in [2.24, 2.45) is 0 Å². The number of nitrogens with two attached hydrogens (primary N) is 1. The van der Waals surface area contributed by atoms with Gasteiger partial charge in [-0.1, -0.05) is 30.3 Å². The number of benzene rings is 2. The molecule has 0 bridgehead atoms. The third-order valence-electron chi connectivity index (χ3n) is 5.64. The third-order valence-corrected chi connectivity index (χ3v) is 5.64. The van der Waals surface area contributed by atoms with Crippen LogP contribution in [0.4, 0.5) is 5.82 Å². The zero-order valence-corrected chi connectivity index (χ0v) is 16.8. The van der Waals surface area contributed by atoms with Crippen molar-refractivity contribution in [2.45, 2.75) is 31.8 Å². The molecule has 1 saturated heterocycles. The number of amides is 1. The Balaban J connectivity index is 1.56. The van der Waals surface area contributed by atoms with Crippen molar-refractivity contribution in [1.82, 2.24) is 9.88 Å². The number of fused-ring (bicyclic) bond motifs is 1. The molecule has 1 amide bonds. The van der Waals surface area contributed by atoms with Gasteiger partial charge in [-0.2, -0.15) is 0 Å². The van der Waals surface area contributed by atoms with Gasteiger partial charge >= 0.3 is 0 Å². The van der Waals surface area contributed by atoms with E-state index in [-0.39, 0.29) is 5.91 Å². The Morgan fingerprint density at radius 2 is 2.00 bits per heavy atom. The summed E-state index contributed by atoms with van der Waals surface area (Å²) in [5.41, 5.74) is 8.49. The van der Waals surface area contributed by atoms with Gasteiger partial charge in [0.25, 0.3) is 5.91 Å². The SMILES string of the molecule is CN(CCCC1CCCO1)C(=O)c1ccc(-c2ccc(N)nc2)c2ccccc12. The summed E-state index contributed by atoms with van der Waals surface area (Å²) in [6.07, 6.45) is 6.41. The van der Waals surface area contributed by atoms with Gasteiger partial charge in [0, 0.05) is 37.5 Å². The Labute approximate surface area is 171 Å². The molecule has 0 aliphatic carbocycles. The molecule has 2 aromatic carbocycles. The molecule has 4 rings (SSSR count). The summed E-state index contributed by atoms with van der Waals surface area (Å²) in [6.45, 7) is 1.61. The van der Waals surface area contributed by atoms with E-state index in [4.69, 9.17) is 10.5 Å². The number of anilines is 1. The number of nitrogens with zero attached hydrogens (tertiary/aromatic N) is 2. The van der Waals surface area contributed by atoms with Crippen molar-refractivity contribution in [3.8, 4) is 11.1 Å². The average molecular weight is 389 g/mol. The van der Waals surface area contributed by atoms with Crippen molar-refractivity contribution in [3.63, 3.8) is 0 Å². The quantitative estimate of drug-likeness (QED) is 0.673. The predicted octanol–water partition coefficient (Wildman–Crippen LogP) is 4.52. The molecule has 0 radical (unpaired) electrons. The fourth-order valence-electron chi connectivity index (χ4n) is 4.04. The van der Waals surface area contributed by atoms with Crippen LogP contribution in [0.3, 0.4) is 0 Å². The Kier molecular flexibility index (Phi) is 5.76. The molecule has 1 aliphatic heterocycles. The van der Waals surface area contributed by atoms with Gasteiger partial charge in [-0.05, 0) is 60.2 Å². The Hall–Kier alpha value is -2.92. The summed E-state index contributed by atoms with van der Waals surface area (Å²) in [6, 6.07) is 15.7. The Bertz CT molecular complexity index is 995. The smallest absolute Gasteiger partial charge is 0.254 e. The molecule has 0 spiro atoms. The zero-order chi connectivity index (χ0) is 20.2. The lowest BCUT2D eigenvalue weighted by Gasteiger charge is -2.20. The van der Waals surface area contributed by atoms with Crippen LogP contribution < -0.4 is 5.73 Å². The van der Waals surface area contributed by atoms with E-state index in [1.165, 1.54) is 0 Å². The first-order chi connectivity index (χ1) is 14.1. The molecule has 150 valence electrons. The van der Waals surface area contributed by atoms with E-state index in [0.29, 0.717) is 11.9 Å². The van der Waals surface area contributed by atoms with Gasteiger partial charge in [0.05, 0.1) is 6.10 Å². The molecule has 1 aromatic heterocycles. The van der Waals surface area contributed by atoms with Crippen LogP contribution >= 0.6 is 0 Å². The second-order valence-electron chi connectivity index (χ2n) is 7.68. The highest BCUT2D eigenvalue weighted by Gasteiger charge is 2.19. The number of pyridine rings is 1. The first-order valence-corrected chi connectivity index (χ1v) is 10.2. The Morgan fingerprint density at radius 3 is 2.72 bits per heavy atom. The number of hydrogen-bond acceptors (Lipinski definition) is 4. The van der Waals surface area contributed by atoms with E-state index in [9.17, 15) is 4.79 Å². The molecule has 2 N–H and O–H groups in total. The lowest BCUT2D eigenvalue weighted by molar-refractivity contribution is 0.0765. The largest absolute Gasteiger partial charge is 0.384 e. The molecular weight excluding hydrogens is 362 g/mol. The molecular formula is C24H27N3O2. The maximum absolute atomic E-state index is 13.1. The van der Waals surface area contributed by atoms with Crippen molar-refractivity contribution in [1.29, 1.82) is 0 Å². The number of carbonyl (C=O) groups is 1. The molecule has 29 heavy (non-hydrogen) atoms. The van der Waals surface area contributed by atoms with Crippen LogP contribution in [0.1, 0.15) is 36.0 Å². The number of hydrogen-bond donors (Lipinski definition) is 1. The van der Waals surface area contributed by atoms with Crippen LogP contribution in [0.5, 0.6) is 0 Å². The van der Waals surface area contributed by atoms with Crippen LogP contribution in [0.2, 0.25) is 0 Å². The van der Waals surface area contributed by atoms with Crippen molar-refractivity contribution >= 4 is 22.5 Å². The van der Waals surface area contributed by atoms with Gasteiger partial charge in [-0.15, -0.1) is 0 Å². The van der Waals surface area contributed by atoms with Crippen molar-refractivity contribution < 1.29 is 9.53 Å². The van der Waals surface area contributed by atoms with E-state index >= 15 is 0 Å². The maximum Gasteiger partial charge on any atom is 0.254 e. The van der Waals surface area contributed by atoms with Crippen LogP contribution in [0, 0.1) is 0 Å². The van der Waals surface area contributed by atoms with Crippen LogP contribution in [-0.2, 0) is 4.74 Å². The van der Waals surface area contributed by atoms with Crippen molar-refractivity contribution in [3.05, 3.63) is 60.3 Å². The van der Waals surface area contributed by atoms with E-state index in [1.807, 2.05) is 48.3 Å². The fraction of sp³-hybridized carbons (Fsp3) is 0.333. The monoisotopic (exact) mass is 389 g/mol. The maximum atomic E-state index is 13.1. The topological polar surface area (TPSA) is 68.5 Å². The van der Waals surface area contributed by atoms with Crippen molar-refractivity contribution in [2.75, 3.05) is 25.9 Å². The van der Waals surface area contributed by atoms with Gasteiger partial charge in [-0.3, -0.25) is 4.79 Å². The van der Waals surface area contributed by atoms with Gasteiger partial charge in [0.15, 0.2) is 0 Å². The summed E-state index contributed by atoms with van der Waals surface area (Å²) in [5.74, 6) is 0.546. The van der Waals surface area contributed by atoms with E-state index in [0.717, 1.165) is 66.3 Å². The highest BCUT2D eigenvalue weighted by Crippen LogP contribution is 2.31. The number of carbonyl (C=O) groups excluding carboxylic acids is 1. The molecule has 5 heteroatoms. The summed E-state index contributed by atoms with van der Waals surface area (Å²) in [7, 11) is 1.88. The van der Waals surface area contributed by atoms with Gasteiger partial charge in [-0.25, -0.2) is 4.98 Å². The molecule has 3 aromatic rings. The second-order valence-corrected chi connectivity index (χ2v) is 7.68. The molecule has 1 unspecified atom stereocenters. The minimum absolute atomic E-state index is 0.0514. The average Bonchev–Trinajstić information content (AvgIpc) is 3.26. The van der Waals surface area contributed by atoms with E-state index in [1.54, 1.807) is 12.3 Å². The number of aromatic nitrogens is 1. The fourth-order valence-corrected chi connectivity index (χ4v) is 4.04. The lowest BCUT2D eigenvalue weighted by atomic mass is 9.95. The first kappa shape index (κ1) is 19.4. The number of ether oxygens (including phenoxy) is 1. The number of nitrogen functional groups attached to an aromatic ring is 1. The van der Waals surface area contributed by atoms with Gasteiger partial charge in [0.2, 0.25) is 0 Å². The molecule has 1 atom stereocenters. The summed E-state index contributed by atoms with van der Waals surface area (Å²) in [4.78, 5) is 19.2. The van der Waals surface area contributed by atoms with Crippen LogP contribution in [0.25, 0.3) is 21.9 Å². The highest BCUT2D eigenvalue weighted by atomic mass is 16.5. The first-order valence-electron chi connectivity index (χ1n) is 10.2. The number of rotatable bonds is 6. The second kappa shape index (κ2) is 8.62. The van der Waals surface area contributed by atoms with Gasteiger partial charge in [0.1, 0.15) is 5.82 Å². The third kappa shape index (κ3) is 4.25. The molecule has 1 fully saturated rings. The standard InChI is InChI=1S/C24H27N3O2/c1-27(14-4-6-18-7-5-15-29-18)24(28)22-12-11-19(17-10-13-23(25)26-16-17)20-8-2-3-9-21(20)22/h2-3,8-13,16,18H,4-7,14-15H2,1H3,(H2,25,26).